The number of carbonyl (C=O) groups is 1. The molecule has 8 heteroatoms. The molecule has 0 aliphatic heterocycles. The van der Waals surface area contributed by atoms with Crippen LogP contribution in [0.4, 0.5) is 0 Å². The summed E-state index contributed by atoms with van der Waals surface area (Å²) < 4.78 is 1.57. The Morgan fingerprint density at radius 3 is 2.44 bits per heavy atom. The van der Waals surface area contributed by atoms with Gasteiger partial charge in [-0.25, -0.2) is 4.68 Å². The topological polar surface area (TPSA) is 98.7 Å². The number of hydrogen-bond donors (Lipinski definition) is 2. The Kier molecular flexibility index (Phi) is 7.99. The van der Waals surface area contributed by atoms with Crippen LogP contribution in [0.2, 0.25) is 0 Å². The normalized spacial score (nSPS) is 12.3. The maximum absolute atomic E-state index is 12.8. The van der Waals surface area contributed by atoms with Gasteiger partial charge in [-0.05, 0) is 35.8 Å². The van der Waals surface area contributed by atoms with Gasteiger partial charge < -0.3 is 11.1 Å². The van der Waals surface area contributed by atoms with Crippen molar-refractivity contribution < 1.29 is 4.79 Å². The molecule has 0 saturated heterocycles. The van der Waals surface area contributed by atoms with Crippen molar-refractivity contribution in [2.45, 2.75) is 51.6 Å². The van der Waals surface area contributed by atoms with E-state index in [0.29, 0.717) is 18.8 Å². The lowest BCUT2D eigenvalue weighted by Gasteiger charge is -2.28. The second-order valence-corrected chi connectivity index (χ2v) is 6.16. The fraction of sp³-hybridized carbons (Fsp3) is 0.529. The number of aromatic nitrogens is 4. The smallest absolute Gasteiger partial charge is 0.245 e. The Morgan fingerprint density at radius 2 is 1.92 bits per heavy atom. The van der Waals surface area contributed by atoms with Gasteiger partial charge in [0.1, 0.15) is 11.9 Å². The molecule has 3 N–H and O–H groups in total. The molecule has 0 aliphatic rings. The van der Waals surface area contributed by atoms with Gasteiger partial charge in [-0.1, -0.05) is 44.2 Å². The van der Waals surface area contributed by atoms with Crippen molar-refractivity contribution in [3.05, 3.63) is 41.7 Å². The number of hydrogen-bond acceptors (Lipinski definition) is 5. The van der Waals surface area contributed by atoms with Gasteiger partial charge in [0, 0.05) is 18.5 Å². The lowest BCUT2D eigenvalue weighted by Crippen LogP contribution is -2.50. The summed E-state index contributed by atoms with van der Waals surface area (Å²) in [4.78, 5) is 12.8. The van der Waals surface area contributed by atoms with Gasteiger partial charge in [0.25, 0.3) is 0 Å². The molecular formula is C17H27ClN6O. The van der Waals surface area contributed by atoms with E-state index in [1.807, 2.05) is 44.2 Å². The van der Waals surface area contributed by atoms with Gasteiger partial charge in [-0.3, -0.25) is 4.79 Å². The number of nitrogens with zero attached hydrogens (tertiary/aromatic N) is 4. The van der Waals surface area contributed by atoms with Crippen LogP contribution < -0.4 is 11.1 Å². The molecule has 138 valence electrons. The lowest BCUT2D eigenvalue weighted by molar-refractivity contribution is -0.125. The highest BCUT2D eigenvalue weighted by Crippen LogP contribution is 2.16. The molecule has 1 aromatic heterocycles. The van der Waals surface area contributed by atoms with Crippen LogP contribution in [0.1, 0.15) is 44.1 Å². The van der Waals surface area contributed by atoms with E-state index >= 15 is 0 Å². The van der Waals surface area contributed by atoms with Crippen molar-refractivity contribution >= 4 is 18.3 Å². The molecule has 1 unspecified atom stereocenters. The third-order valence-corrected chi connectivity index (χ3v) is 4.55. The SMILES string of the molecule is CCC(N)(CC)CNC(=O)C(Cc1ccccc1)n1nnnc1C.Cl. The monoisotopic (exact) mass is 366 g/mol. The summed E-state index contributed by atoms with van der Waals surface area (Å²) in [5.41, 5.74) is 6.95. The summed E-state index contributed by atoms with van der Waals surface area (Å²) in [6.45, 7) is 6.28. The summed E-state index contributed by atoms with van der Waals surface area (Å²) in [5, 5.41) is 14.5. The molecule has 0 radical (unpaired) electrons. The van der Waals surface area contributed by atoms with Gasteiger partial charge in [-0.15, -0.1) is 17.5 Å². The third kappa shape index (κ3) is 5.51. The number of aryl methyl sites for hydroxylation is 1. The van der Waals surface area contributed by atoms with Crippen LogP contribution in [0.5, 0.6) is 0 Å². The van der Waals surface area contributed by atoms with Crippen LogP contribution in [0.15, 0.2) is 30.3 Å². The van der Waals surface area contributed by atoms with E-state index in [0.717, 1.165) is 18.4 Å². The van der Waals surface area contributed by atoms with E-state index < -0.39 is 6.04 Å². The number of benzene rings is 1. The van der Waals surface area contributed by atoms with E-state index in [9.17, 15) is 4.79 Å². The maximum Gasteiger partial charge on any atom is 0.245 e. The van der Waals surface area contributed by atoms with Crippen molar-refractivity contribution in [1.29, 1.82) is 0 Å². The van der Waals surface area contributed by atoms with E-state index in [-0.39, 0.29) is 23.9 Å². The minimum absolute atomic E-state index is 0. The van der Waals surface area contributed by atoms with Crippen LogP contribution in [-0.2, 0) is 11.2 Å². The molecule has 0 spiro atoms. The molecule has 2 rings (SSSR count). The van der Waals surface area contributed by atoms with E-state index in [1.165, 1.54) is 0 Å². The van der Waals surface area contributed by atoms with E-state index in [4.69, 9.17) is 5.73 Å². The Balaban J connectivity index is 0.00000312. The fourth-order valence-corrected chi connectivity index (χ4v) is 2.53. The van der Waals surface area contributed by atoms with Gasteiger partial charge in [0.2, 0.25) is 5.91 Å². The summed E-state index contributed by atoms with van der Waals surface area (Å²) >= 11 is 0. The van der Waals surface area contributed by atoms with Crippen molar-refractivity contribution in [2.24, 2.45) is 5.73 Å². The first kappa shape index (κ1) is 21.1. The zero-order valence-corrected chi connectivity index (χ0v) is 15.8. The summed E-state index contributed by atoms with van der Waals surface area (Å²) in [6, 6.07) is 9.34. The zero-order valence-electron chi connectivity index (χ0n) is 15.0. The van der Waals surface area contributed by atoms with Crippen LogP contribution >= 0.6 is 12.4 Å². The predicted molar refractivity (Wildman–Crippen MR) is 99.5 cm³/mol. The predicted octanol–water partition coefficient (Wildman–Crippen LogP) is 1.82. The van der Waals surface area contributed by atoms with E-state index in [1.54, 1.807) is 11.6 Å². The average Bonchev–Trinajstić information content (AvgIpc) is 3.04. The fourth-order valence-electron chi connectivity index (χ4n) is 2.53. The maximum atomic E-state index is 12.8. The quantitative estimate of drug-likeness (QED) is 0.742. The first-order chi connectivity index (χ1) is 11.5. The number of tetrazole rings is 1. The molecule has 1 atom stereocenters. The first-order valence-corrected chi connectivity index (χ1v) is 8.34. The molecule has 25 heavy (non-hydrogen) atoms. The number of amides is 1. The van der Waals surface area contributed by atoms with Crippen molar-refractivity contribution in [2.75, 3.05) is 6.54 Å². The van der Waals surface area contributed by atoms with Crippen LogP contribution in [0.25, 0.3) is 0 Å². The average molecular weight is 367 g/mol. The van der Waals surface area contributed by atoms with Crippen LogP contribution in [-0.4, -0.2) is 38.2 Å². The second-order valence-electron chi connectivity index (χ2n) is 6.16. The van der Waals surface area contributed by atoms with Gasteiger partial charge in [0.05, 0.1) is 0 Å². The second kappa shape index (κ2) is 9.48. The van der Waals surface area contributed by atoms with Crippen molar-refractivity contribution in [3.63, 3.8) is 0 Å². The number of rotatable bonds is 8. The van der Waals surface area contributed by atoms with Crippen LogP contribution in [0, 0.1) is 6.92 Å². The molecule has 0 fully saturated rings. The standard InChI is InChI=1S/C17H26N6O.ClH/c1-4-17(18,5-2)12-19-16(24)15(23-13(3)20-21-22-23)11-14-9-7-6-8-10-14;/h6-10,15H,4-5,11-12,18H2,1-3H3,(H,19,24);1H. The number of nitrogens with one attached hydrogen (secondary N) is 1. The Hall–Kier alpha value is -1.99. The van der Waals surface area contributed by atoms with Gasteiger partial charge in [-0.2, -0.15) is 0 Å². The molecular weight excluding hydrogens is 340 g/mol. The molecule has 7 nitrogen and oxygen atoms in total. The molecule has 0 aliphatic carbocycles. The summed E-state index contributed by atoms with van der Waals surface area (Å²) in [7, 11) is 0. The minimum Gasteiger partial charge on any atom is -0.352 e. The summed E-state index contributed by atoms with van der Waals surface area (Å²) in [5.74, 6) is 0.488. The number of carbonyl (C=O) groups excluding carboxylic acids is 1. The van der Waals surface area contributed by atoms with Crippen molar-refractivity contribution in [3.8, 4) is 0 Å². The van der Waals surface area contributed by atoms with Crippen molar-refractivity contribution in [1.82, 2.24) is 25.5 Å². The molecule has 0 bridgehead atoms. The molecule has 0 saturated carbocycles. The van der Waals surface area contributed by atoms with Crippen LogP contribution in [0.3, 0.4) is 0 Å². The summed E-state index contributed by atoms with van der Waals surface area (Å²) in [6.07, 6.45) is 2.13. The molecule has 1 aromatic carbocycles. The lowest BCUT2D eigenvalue weighted by atomic mass is 9.94. The highest BCUT2D eigenvalue weighted by Gasteiger charge is 2.27. The highest BCUT2D eigenvalue weighted by atomic mass is 35.5. The van der Waals surface area contributed by atoms with E-state index in [2.05, 4.69) is 20.8 Å². The molecule has 1 amide bonds. The Morgan fingerprint density at radius 1 is 1.28 bits per heavy atom. The highest BCUT2D eigenvalue weighted by molar-refractivity contribution is 5.85. The largest absolute Gasteiger partial charge is 0.352 e. The zero-order chi connectivity index (χ0) is 17.6. The third-order valence-electron chi connectivity index (χ3n) is 4.55. The number of halogens is 1. The van der Waals surface area contributed by atoms with Gasteiger partial charge in [0.15, 0.2) is 0 Å². The first-order valence-electron chi connectivity index (χ1n) is 8.34. The minimum atomic E-state index is -0.500. The Bertz CT molecular complexity index is 656. The Labute approximate surface area is 154 Å². The molecule has 1 heterocycles. The number of nitrogens with two attached hydrogens (primary N) is 1. The molecule has 2 aromatic rings. The van der Waals surface area contributed by atoms with Gasteiger partial charge >= 0.3 is 0 Å².